The number of hydrogen-bond acceptors (Lipinski definition) is 5. The minimum atomic E-state index is 0. The molecule has 6 nitrogen and oxygen atoms in total. The summed E-state index contributed by atoms with van der Waals surface area (Å²) >= 11 is 0. The molecule has 2 aromatic heterocycles. The molecule has 96 valence electrons. The minimum Gasteiger partial charge on any atom is -0.317 e. The summed E-state index contributed by atoms with van der Waals surface area (Å²) in [6.07, 6.45) is 7.18. The Morgan fingerprint density at radius 1 is 1.17 bits per heavy atom. The molecule has 1 fully saturated rings. The molecule has 2 N–H and O–H groups in total. The van der Waals surface area contributed by atoms with Crippen molar-refractivity contribution in [2.24, 2.45) is 0 Å². The monoisotopic (exact) mass is 266 g/mol. The lowest BCUT2D eigenvalue weighted by Crippen LogP contribution is -2.27. The Kier molecular flexibility index (Phi) is 4.22. The summed E-state index contributed by atoms with van der Waals surface area (Å²) in [6.45, 7) is 2.08. The second-order valence-electron chi connectivity index (χ2n) is 4.16. The molecule has 1 aliphatic rings. The van der Waals surface area contributed by atoms with Crippen molar-refractivity contribution in [1.82, 2.24) is 30.5 Å². The molecule has 0 amide bonds. The number of aromatic amines is 1. The molecular weight excluding hydrogens is 252 g/mol. The normalized spacial score (nSPS) is 16.2. The van der Waals surface area contributed by atoms with Gasteiger partial charge in [-0.3, -0.25) is 10.1 Å². The predicted molar refractivity (Wildman–Crippen MR) is 69.5 cm³/mol. The van der Waals surface area contributed by atoms with Crippen LogP contribution in [0.25, 0.3) is 11.5 Å². The fourth-order valence-corrected chi connectivity index (χ4v) is 2.07. The number of rotatable bonds is 2. The third-order valence-electron chi connectivity index (χ3n) is 3.01. The van der Waals surface area contributed by atoms with E-state index in [4.69, 9.17) is 0 Å². The van der Waals surface area contributed by atoms with Crippen LogP contribution in [0.4, 0.5) is 0 Å². The van der Waals surface area contributed by atoms with Gasteiger partial charge in [0.2, 0.25) is 0 Å². The molecule has 2 aromatic rings. The summed E-state index contributed by atoms with van der Waals surface area (Å²) in [7, 11) is 0. The maximum absolute atomic E-state index is 4.51. The number of nitrogens with zero attached hydrogens (tertiary/aromatic N) is 4. The van der Waals surface area contributed by atoms with Gasteiger partial charge in [0.05, 0.1) is 6.20 Å². The first-order valence-electron chi connectivity index (χ1n) is 5.83. The number of H-pyrrole nitrogens is 1. The molecule has 7 heteroatoms. The maximum Gasteiger partial charge on any atom is 0.176 e. The first-order chi connectivity index (χ1) is 8.43. The molecule has 0 aromatic carbocycles. The smallest absolute Gasteiger partial charge is 0.176 e. The summed E-state index contributed by atoms with van der Waals surface area (Å²) in [5.74, 6) is 2.05. The van der Waals surface area contributed by atoms with E-state index in [0.717, 1.165) is 37.4 Å². The van der Waals surface area contributed by atoms with E-state index in [-0.39, 0.29) is 12.4 Å². The van der Waals surface area contributed by atoms with Crippen LogP contribution in [0.5, 0.6) is 0 Å². The van der Waals surface area contributed by atoms with Crippen LogP contribution in [0, 0.1) is 0 Å². The van der Waals surface area contributed by atoms with Crippen LogP contribution in [0.1, 0.15) is 24.6 Å². The van der Waals surface area contributed by atoms with Gasteiger partial charge in [0.15, 0.2) is 11.6 Å². The van der Waals surface area contributed by atoms with Crippen molar-refractivity contribution in [3.63, 3.8) is 0 Å². The van der Waals surface area contributed by atoms with Crippen LogP contribution >= 0.6 is 12.4 Å². The fraction of sp³-hybridized carbons (Fsp3) is 0.455. The molecular formula is C11H15ClN6. The largest absolute Gasteiger partial charge is 0.317 e. The fourth-order valence-electron chi connectivity index (χ4n) is 2.07. The maximum atomic E-state index is 4.51. The highest BCUT2D eigenvalue weighted by Crippen LogP contribution is 2.23. The molecule has 0 unspecified atom stereocenters. The summed E-state index contributed by atoms with van der Waals surface area (Å²) in [6, 6.07) is 0. The SMILES string of the molecule is Cl.c1cnc(-c2nc(C3CCNCC3)n[nH]2)cn1. The molecule has 0 radical (unpaired) electrons. The van der Waals surface area contributed by atoms with Gasteiger partial charge in [0.1, 0.15) is 5.69 Å². The highest BCUT2D eigenvalue weighted by atomic mass is 35.5. The number of hydrogen-bond donors (Lipinski definition) is 2. The standard InChI is InChI=1S/C11H14N6.ClH/c1-3-12-4-2-8(1)10-15-11(17-16-10)9-7-13-5-6-14-9;/h5-8,12H,1-4H2,(H,15,16,17);1H. The highest BCUT2D eigenvalue weighted by molar-refractivity contribution is 5.85. The molecule has 3 heterocycles. The van der Waals surface area contributed by atoms with Crippen LogP contribution in [0.15, 0.2) is 18.6 Å². The number of halogens is 1. The van der Waals surface area contributed by atoms with Crippen LogP contribution in [-0.2, 0) is 0 Å². The van der Waals surface area contributed by atoms with E-state index in [0.29, 0.717) is 11.7 Å². The third-order valence-corrected chi connectivity index (χ3v) is 3.01. The molecule has 0 saturated carbocycles. The lowest BCUT2D eigenvalue weighted by atomic mass is 9.98. The summed E-state index contributed by atoms with van der Waals surface area (Å²) in [5.41, 5.74) is 0.736. The van der Waals surface area contributed by atoms with Crippen molar-refractivity contribution in [3.05, 3.63) is 24.4 Å². The zero-order chi connectivity index (χ0) is 11.5. The highest BCUT2D eigenvalue weighted by Gasteiger charge is 2.19. The average Bonchev–Trinajstić information content (AvgIpc) is 2.90. The molecule has 0 aliphatic carbocycles. The van der Waals surface area contributed by atoms with Gasteiger partial charge in [-0.25, -0.2) is 9.97 Å². The Morgan fingerprint density at radius 2 is 2.00 bits per heavy atom. The van der Waals surface area contributed by atoms with Crippen molar-refractivity contribution in [1.29, 1.82) is 0 Å². The van der Waals surface area contributed by atoms with Gasteiger partial charge in [-0.05, 0) is 25.9 Å². The van der Waals surface area contributed by atoms with Gasteiger partial charge in [0.25, 0.3) is 0 Å². The van der Waals surface area contributed by atoms with Gasteiger partial charge in [-0.15, -0.1) is 12.4 Å². The van der Waals surface area contributed by atoms with E-state index < -0.39 is 0 Å². The Labute approximate surface area is 111 Å². The number of aromatic nitrogens is 5. The zero-order valence-electron chi connectivity index (χ0n) is 9.83. The van der Waals surface area contributed by atoms with Crippen molar-refractivity contribution in [2.45, 2.75) is 18.8 Å². The third kappa shape index (κ3) is 2.65. The Hall–Kier alpha value is -1.53. The predicted octanol–water partition coefficient (Wildman–Crippen LogP) is 1.15. The van der Waals surface area contributed by atoms with Gasteiger partial charge in [0, 0.05) is 18.3 Å². The topological polar surface area (TPSA) is 79.4 Å². The number of nitrogens with one attached hydrogen (secondary N) is 2. The van der Waals surface area contributed by atoms with Crippen LogP contribution in [0.3, 0.4) is 0 Å². The first-order valence-corrected chi connectivity index (χ1v) is 5.83. The van der Waals surface area contributed by atoms with E-state index in [9.17, 15) is 0 Å². The molecule has 0 atom stereocenters. The van der Waals surface area contributed by atoms with Crippen LogP contribution in [-0.4, -0.2) is 38.2 Å². The first kappa shape index (κ1) is 12.9. The molecule has 3 rings (SSSR count). The quantitative estimate of drug-likeness (QED) is 0.852. The van der Waals surface area contributed by atoms with E-state index >= 15 is 0 Å². The summed E-state index contributed by atoms with van der Waals surface area (Å²) in [4.78, 5) is 12.7. The van der Waals surface area contributed by atoms with Gasteiger partial charge < -0.3 is 5.32 Å². The van der Waals surface area contributed by atoms with Gasteiger partial charge >= 0.3 is 0 Å². The van der Waals surface area contributed by atoms with E-state index in [1.165, 1.54) is 0 Å². The Balaban J connectivity index is 0.00000120. The second-order valence-corrected chi connectivity index (χ2v) is 4.16. The Bertz CT molecular complexity index is 479. The lowest BCUT2D eigenvalue weighted by molar-refractivity contribution is 0.446. The van der Waals surface area contributed by atoms with Crippen molar-refractivity contribution in [3.8, 4) is 11.5 Å². The molecule has 1 saturated heterocycles. The van der Waals surface area contributed by atoms with Gasteiger partial charge in [-0.1, -0.05) is 0 Å². The van der Waals surface area contributed by atoms with E-state index in [1.807, 2.05) is 0 Å². The van der Waals surface area contributed by atoms with Crippen molar-refractivity contribution < 1.29 is 0 Å². The molecule has 0 bridgehead atoms. The van der Waals surface area contributed by atoms with Crippen molar-refractivity contribution in [2.75, 3.05) is 13.1 Å². The summed E-state index contributed by atoms with van der Waals surface area (Å²) < 4.78 is 0. The minimum absolute atomic E-state index is 0. The van der Waals surface area contributed by atoms with E-state index in [1.54, 1.807) is 18.6 Å². The van der Waals surface area contributed by atoms with E-state index in [2.05, 4.69) is 30.5 Å². The Morgan fingerprint density at radius 3 is 2.72 bits per heavy atom. The molecule has 0 spiro atoms. The van der Waals surface area contributed by atoms with Crippen LogP contribution in [0.2, 0.25) is 0 Å². The van der Waals surface area contributed by atoms with Crippen molar-refractivity contribution >= 4 is 12.4 Å². The summed E-state index contributed by atoms with van der Waals surface area (Å²) in [5, 5.41) is 10.6. The average molecular weight is 267 g/mol. The van der Waals surface area contributed by atoms with Crippen LogP contribution < -0.4 is 5.32 Å². The second kappa shape index (κ2) is 5.88. The molecule has 18 heavy (non-hydrogen) atoms. The van der Waals surface area contributed by atoms with Gasteiger partial charge in [-0.2, -0.15) is 5.10 Å². The zero-order valence-corrected chi connectivity index (χ0v) is 10.7. The number of piperidine rings is 1. The lowest BCUT2D eigenvalue weighted by Gasteiger charge is -2.19. The molecule has 1 aliphatic heterocycles.